The van der Waals surface area contributed by atoms with Crippen LogP contribution in [0.1, 0.15) is 104 Å². The third-order valence-corrected chi connectivity index (χ3v) is 20.1. The Morgan fingerprint density at radius 1 is 0.980 bits per heavy atom. The lowest BCUT2D eigenvalue weighted by Crippen LogP contribution is -2.66. The minimum atomic E-state index is -3.22. The fourth-order valence-corrected chi connectivity index (χ4v) is 18.1. The summed E-state index contributed by atoms with van der Waals surface area (Å²) in [7, 11) is -6.18. The van der Waals surface area contributed by atoms with Crippen molar-refractivity contribution < 1.29 is 32.0 Å². The standard InChI is InChI=1S/C36H58N6O7Si2/c1-21(2)50(22(3)4)45-18-26-28(48-51(49-50,23(5)6)24(7)8)29(46-33(44)35(13,14)15)36(47-26,16-25(9)17-37)42-20-40-27-30(38-19-39-31(27)42)41-32(43)34(10,11)12/h16,19-24,26,28-29H,18H2,1-15H3,(H,38,39,41,43)/b25-16-/t26-,28-,29+,36-/m1/s1. The molecule has 0 radical (unpaired) electrons. The van der Waals surface area contributed by atoms with Crippen LogP contribution in [0.15, 0.2) is 24.3 Å². The third kappa shape index (κ3) is 7.45. The molecular weight excluding hydrogens is 685 g/mol. The average molecular weight is 743 g/mol. The molecule has 15 heteroatoms. The smallest absolute Gasteiger partial charge is 0.335 e. The predicted octanol–water partition coefficient (Wildman–Crippen LogP) is 7.25. The lowest BCUT2D eigenvalue weighted by molar-refractivity contribution is -0.176. The van der Waals surface area contributed by atoms with Gasteiger partial charge in [-0.1, -0.05) is 76.2 Å². The molecule has 2 saturated heterocycles. The van der Waals surface area contributed by atoms with Crippen LogP contribution in [0, 0.1) is 22.2 Å². The minimum Gasteiger partial charge on any atom is -0.454 e. The molecule has 0 spiro atoms. The Balaban J connectivity index is 2.06. The summed E-state index contributed by atoms with van der Waals surface area (Å²) in [6, 6.07) is 2.22. The molecule has 1 amide bonds. The highest BCUT2D eigenvalue weighted by molar-refractivity contribution is 6.84. The van der Waals surface area contributed by atoms with Crippen molar-refractivity contribution in [2.24, 2.45) is 10.8 Å². The first kappa shape index (κ1) is 40.8. The summed E-state index contributed by atoms with van der Waals surface area (Å²) in [5, 5.41) is 13.0. The van der Waals surface area contributed by atoms with E-state index < -0.39 is 58.0 Å². The maximum absolute atomic E-state index is 13.9. The first-order valence-electron chi connectivity index (χ1n) is 18.0. The molecule has 13 nitrogen and oxygen atoms in total. The van der Waals surface area contributed by atoms with Gasteiger partial charge >= 0.3 is 23.1 Å². The van der Waals surface area contributed by atoms with Gasteiger partial charge in [-0.2, -0.15) is 5.26 Å². The number of esters is 1. The fraction of sp³-hybridized carbons (Fsp3) is 0.722. The van der Waals surface area contributed by atoms with Gasteiger partial charge in [0, 0.05) is 11.0 Å². The van der Waals surface area contributed by atoms with Gasteiger partial charge in [-0.15, -0.1) is 0 Å². The van der Waals surface area contributed by atoms with Crippen LogP contribution in [0.5, 0.6) is 0 Å². The Hall–Kier alpha value is -3.01. The lowest BCUT2D eigenvalue weighted by Gasteiger charge is -2.51. The average Bonchev–Trinajstić information content (AvgIpc) is 3.56. The second kappa shape index (κ2) is 14.4. The van der Waals surface area contributed by atoms with Crippen LogP contribution in [0.25, 0.3) is 11.2 Å². The molecule has 4 rings (SSSR count). The molecule has 0 aliphatic carbocycles. The number of carbonyl (C=O) groups is 2. The highest BCUT2D eigenvalue weighted by atomic mass is 28.5. The molecule has 2 aliphatic rings. The number of anilines is 1. The number of rotatable bonds is 8. The van der Waals surface area contributed by atoms with Crippen LogP contribution < -0.4 is 5.32 Å². The van der Waals surface area contributed by atoms with Gasteiger partial charge in [0.2, 0.25) is 11.6 Å². The largest absolute Gasteiger partial charge is 0.454 e. The van der Waals surface area contributed by atoms with Crippen LogP contribution in [0.2, 0.25) is 22.2 Å². The number of ether oxygens (including phenoxy) is 2. The van der Waals surface area contributed by atoms with Gasteiger partial charge in [0.05, 0.1) is 24.4 Å². The molecule has 2 aromatic rings. The molecule has 2 fully saturated rings. The molecule has 1 N–H and O–H groups in total. The Morgan fingerprint density at radius 3 is 2.08 bits per heavy atom. The molecule has 0 aromatic carbocycles. The zero-order valence-electron chi connectivity index (χ0n) is 33.1. The van der Waals surface area contributed by atoms with Crippen LogP contribution in [0.3, 0.4) is 0 Å². The molecule has 4 atom stereocenters. The highest BCUT2D eigenvalue weighted by Crippen LogP contribution is 2.51. The van der Waals surface area contributed by atoms with Crippen molar-refractivity contribution in [3.05, 3.63) is 24.3 Å². The number of hydrogen-bond acceptors (Lipinski definition) is 11. The zero-order chi connectivity index (χ0) is 38.5. The second-order valence-corrected chi connectivity index (χ2v) is 26.0. The van der Waals surface area contributed by atoms with E-state index in [0.29, 0.717) is 16.7 Å². The quantitative estimate of drug-likeness (QED) is 0.165. The van der Waals surface area contributed by atoms with Crippen LogP contribution in [-0.2, 0) is 37.8 Å². The number of nitrogens with one attached hydrogen (secondary N) is 1. The van der Waals surface area contributed by atoms with E-state index in [1.165, 1.54) is 12.7 Å². The number of nitriles is 1. The lowest BCUT2D eigenvalue weighted by atomic mass is 9.95. The van der Waals surface area contributed by atoms with Gasteiger partial charge in [-0.05, 0) is 55.9 Å². The number of amides is 1. The number of imidazole rings is 1. The summed E-state index contributed by atoms with van der Waals surface area (Å²) < 4.78 is 37.2. The Bertz CT molecular complexity index is 1670. The fourth-order valence-electron chi connectivity index (χ4n) is 6.85. The summed E-state index contributed by atoms with van der Waals surface area (Å²) in [5.41, 5.74) is -2.19. The van der Waals surface area contributed by atoms with E-state index in [1.54, 1.807) is 59.1 Å². The van der Waals surface area contributed by atoms with E-state index in [-0.39, 0.29) is 40.5 Å². The maximum Gasteiger partial charge on any atom is 0.335 e. The second-order valence-electron chi connectivity index (χ2n) is 17.2. The van der Waals surface area contributed by atoms with Crippen LogP contribution in [-0.4, -0.2) is 73.4 Å². The Labute approximate surface area is 305 Å². The molecule has 2 aromatic heterocycles. The van der Waals surface area contributed by atoms with E-state index in [0.717, 1.165) is 0 Å². The van der Waals surface area contributed by atoms with Crippen molar-refractivity contribution in [2.75, 3.05) is 11.9 Å². The van der Waals surface area contributed by atoms with Gasteiger partial charge in [0.25, 0.3) is 0 Å². The first-order chi connectivity index (χ1) is 23.5. The van der Waals surface area contributed by atoms with E-state index in [1.807, 2.05) is 0 Å². The molecule has 0 saturated carbocycles. The van der Waals surface area contributed by atoms with Gasteiger partial charge in [-0.3, -0.25) is 14.2 Å². The zero-order valence-corrected chi connectivity index (χ0v) is 35.1. The third-order valence-electron chi connectivity index (χ3n) is 9.81. The van der Waals surface area contributed by atoms with Gasteiger partial charge in [-0.25, -0.2) is 15.0 Å². The number of fused-ring (bicyclic) bond motifs is 2. The van der Waals surface area contributed by atoms with E-state index >= 15 is 0 Å². The molecule has 0 unspecified atom stereocenters. The Morgan fingerprint density at radius 2 is 1.57 bits per heavy atom. The highest BCUT2D eigenvalue weighted by Gasteiger charge is 2.66. The van der Waals surface area contributed by atoms with Crippen molar-refractivity contribution in [3.8, 4) is 6.07 Å². The van der Waals surface area contributed by atoms with Crippen molar-refractivity contribution in [3.63, 3.8) is 0 Å². The topological polar surface area (TPSA) is 160 Å². The summed E-state index contributed by atoms with van der Waals surface area (Å²) in [5.74, 6) is -0.522. The first-order valence-corrected chi connectivity index (χ1v) is 21.9. The SMILES string of the molecule is C/C(C#N)=C/[C@@]1(n2cnc3c(NC(=O)C(C)(C)C)ncnc32)O[C@@H]2CO[Si](C(C)C)(C(C)C)O[Si](C(C)C)(C(C)C)O[C@H]2[C@@H]1OC(=O)C(C)(C)C. The van der Waals surface area contributed by atoms with E-state index in [2.05, 4.69) is 81.7 Å². The molecular formula is C36H58N6O7Si2. The Kier molecular flexibility index (Phi) is 11.5. The number of allylic oxidation sites excluding steroid dienone is 1. The number of carbonyl (C=O) groups excluding carboxylic acids is 2. The molecule has 282 valence electrons. The van der Waals surface area contributed by atoms with Gasteiger partial charge in [0.1, 0.15) is 18.5 Å². The normalized spacial score (nSPS) is 25.5. The molecule has 0 bridgehead atoms. The van der Waals surface area contributed by atoms with Gasteiger partial charge < -0.3 is 27.8 Å². The monoisotopic (exact) mass is 742 g/mol. The predicted molar refractivity (Wildman–Crippen MR) is 199 cm³/mol. The van der Waals surface area contributed by atoms with Crippen LogP contribution in [0.4, 0.5) is 5.82 Å². The molecule has 2 aliphatic heterocycles. The van der Waals surface area contributed by atoms with Crippen LogP contribution >= 0.6 is 0 Å². The summed E-state index contributed by atoms with van der Waals surface area (Å²) in [4.78, 5) is 40.6. The number of nitrogens with zero attached hydrogens (tertiary/aromatic N) is 5. The number of hydrogen-bond donors (Lipinski definition) is 1. The summed E-state index contributed by atoms with van der Waals surface area (Å²) >= 11 is 0. The van der Waals surface area contributed by atoms with Crippen molar-refractivity contribution in [2.45, 2.75) is 150 Å². The van der Waals surface area contributed by atoms with Gasteiger partial charge in [0.15, 0.2) is 23.1 Å². The van der Waals surface area contributed by atoms with Crippen molar-refractivity contribution in [1.29, 1.82) is 5.26 Å². The summed E-state index contributed by atoms with van der Waals surface area (Å²) in [6.07, 6.45) is 1.74. The molecule has 4 heterocycles. The minimum absolute atomic E-state index is 0.00891. The summed E-state index contributed by atoms with van der Waals surface area (Å²) in [6.45, 7) is 29.6. The van der Waals surface area contributed by atoms with E-state index in [9.17, 15) is 14.9 Å². The number of aromatic nitrogens is 4. The van der Waals surface area contributed by atoms with E-state index in [4.69, 9.17) is 22.4 Å². The van der Waals surface area contributed by atoms with Crippen molar-refractivity contribution in [1.82, 2.24) is 19.5 Å². The molecule has 51 heavy (non-hydrogen) atoms. The van der Waals surface area contributed by atoms with Crippen molar-refractivity contribution >= 4 is 46.0 Å². The maximum atomic E-state index is 13.9.